The number of carbonyl (C=O) groups is 3. The fourth-order valence-electron chi connectivity index (χ4n) is 5.64. The topological polar surface area (TPSA) is 102 Å². The van der Waals surface area contributed by atoms with Crippen LogP contribution in [-0.2, 0) is 28.6 Å². The molecule has 0 spiro atoms. The Morgan fingerprint density at radius 3 is 1.58 bits per heavy atom. The fraction of sp³-hybridized carbons (Fsp3) is 0.711. The molecular formula is C45H77NO7. The second-order valence-electron chi connectivity index (χ2n) is 14.8. The van der Waals surface area contributed by atoms with E-state index < -0.39 is 18.1 Å². The number of hydrogen-bond donors (Lipinski definition) is 0. The molecule has 0 N–H and O–H groups in total. The molecule has 2 atom stereocenters. The average Bonchev–Trinajstić information content (AvgIpc) is 3.11. The Labute approximate surface area is 324 Å². The third kappa shape index (κ3) is 34.5. The van der Waals surface area contributed by atoms with E-state index in [0.29, 0.717) is 12.8 Å². The van der Waals surface area contributed by atoms with Gasteiger partial charge in [0.25, 0.3) is 0 Å². The summed E-state index contributed by atoms with van der Waals surface area (Å²) >= 11 is 0. The minimum atomic E-state index is -1.13. The van der Waals surface area contributed by atoms with Crippen molar-refractivity contribution in [1.82, 2.24) is 0 Å². The summed E-state index contributed by atoms with van der Waals surface area (Å²) < 4.78 is 17.1. The van der Waals surface area contributed by atoms with Gasteiger partial charge in [0, 0.05) is 19.3 Å². The van der Waals surface area contributed by atoms with Gasteiger partial charge in [0.2, 0.25) is 0 Å². The van der Waals surface area contributed by atoms with Crippen LogP contribution in [0.4, 0.5) is 0 Å². The Balaban J connectivity index is 4.45. The van der Waals surface area contributed by atoms with Crippen molar-refractivity contribution in [3.63, 3.8) is 0 Å². The van der Waals surface area contributed by atoms with Crippen LogP contribution in [0.3, 0.4) is 0 Å². The van der Waals surface area contributed by atoms with E-state index in [1.54, 1.807) is 21.1 Å². The Bertz CT molecular complexity index is 1050. The first-order chi connectivity index (χ1) is 25.6. The number of hydrogen-bond acceptors (Lipinski definition) is 7. The molecule has 0 saturated heterocycles. The molecule has 0 aromatic rings. The predicted octanol–water partition coefficient (Wildman–Crippen LogP) is 9.69. The SMILES string of the molecule is CC/C=C\C/C=C\C/C=C\CCCCCC(=O)OC(COCCC(C(=O)[O-])[N+](C)(C)C)COC(=O)CCCCCCC/C=C\C/C=C\CCCCCC. The summed E-state index contributed by atoms with van der Waals surface area (Å²) in [5, 5.41) is 11.6. The summed E-state index contributed by atoms with van der Waals surface area (Å²) in [6.07, 6.45) is 42.4. The molecule has 0 saturated carbocycles. The number of rotatable bonds is 36. The van der Waals surface area contributed by atoms with Crippen molar-refractivity contribution < 1.29 is 38.2 Å². The van der Waals surface area contributed by atoms with Crippen molar-refractivity contribution in [2.24, 2.45) is 0 Å². The quantitative estimate of drug-likeness (QED) is 0.0273. The highest BCUT2D eigenvalue weighted by atomic mass is 16.6. The fourth-order valence-corrected chi connectivity index (χ4v) is 5.64. The molecule has 2 unspecified atom stereocenters. The first-order valence-electron chi connectivity index (χ1n) is 20.8. The van der Waals surface area contributed by atoms with Crippen LogP contribution in [0.1, 0.15) is 155 Å². The highest BCUT2D eigenvalue weighted by molar-refractivity contribution is 5.70. The Kier molecular flexibility index (Phi) is 34.0. The number of quaternary nitrogens is 1. The molecule has 0 rings (SSSR count). The van der Waals surface area contributed by atoms with E-state index in [1.165, 1.54) is 32.1 Å². The maximum Gasteiger partial charge on any atom is 0.306 e. The molecule has 0 heterocycles. The number of ether oxygens (including phenoxy) is 3. The minimum Gasteiger partial charge on any atom is -0.544 e. The van der Waals surface area contributed by atoms with Crippen LogP contribution in [0.2, 0.25) is 0 Å². The van der Waals surface area contributed by atoms with Crippen LogP contribution in [0, 0.1) is 0 Å². The van der Waals surface area contributed by atoms with Crippen molar-refractivity contribution >= 4 is 17.9 Å². The lowest BCUT2D eigenvalue weighted by Gasteiger charge is -2.34. The second kappa shape index (κ2) is 36.0. The summed E-state index contributed by atoms with van der Waals surface area (Å²) in [5.41, 5.74) is 0. The van der Waals surface area contributed by atoms with Gasteiger partial charge in [-0.05, 0) is 77.0 Å². The number of carboxylic acid groups (broad SMARTS) is 1. The largest absolute Gasteiger partial charge is 0.544 e. The minimum absolute atomic E-state index is 0.0217. The first-order valence-corrected chi connectivity index (χ1v) is 20.8. The molecule has 0 bridgehead atoms. The van der Waals surface area contributed by atoms with Crippen molar-refractivity contribution in [3.05, 3.63) is 60.8 Å². The van der Waals surface area contributed by atoms with Crippen LogP contribution in [0.25, 0.3) is 0 Å². The third-order valence-corrected chi connectivity index (χ3v) is 8.89. The van der Waals surface area contributed by atoms with Gasteiger partial charge in [0.05, 0.1) is 40.3 Å². The van der Waals surface area contributed by atoms with Gasteiger partial charge in [-0.25, -0.2) is 0 Å². The van der Waals surface area contributed by atoms with Crippen LogP contribution < -0.4 is 5.11 Å². The molecule has 53 heavy (non-hydrogen) atoms. The van der Waals surface area contributed by atoms with Gasteiger partial charge in [-0.1, -0.05) is 120 Å². The van der Waals surface area contributed by atoms with E-state index in [-0.39, 0.29) is 49.1 Å². The Morgan fingerprint density at radius 1 is 0.585 bits per heavy atom. The van der Waals surface area contributed by atoms with Gasteiger partial charge in [-0.15, -0.1) is 0 Å². The number of aliphatic carboxylic acids is 1. The average molecular weight is 744 g/mol. The smallest absolute Gasteiger partial charge is 0.306 e. The van der Waals surface area contributed by atoms with Crippen LogP contribution >= 0.6 is 0 Å². The van der Waals surface area contributed by atoms with E-state index in [0.717, 1.165) is 83.5 Å². The maximum absolute atomic E-state index is 12.7. The monoisotopic (exact) mass is 744 g/mol. The summed E-state index contributed by atoms with van der Waals surface area (Å²) in [6, 6.07) is -0.735. The van der Waals surface area contributed by atoms with Crippen molar-refractivity contribution in [1.29, 1.82) is 0 Å². The van der Waals surface area contributed by atoms with Gasteiger partial charge in [0.15, 0.2) is 6.10 Å². The van der Waals surface area contributed by atoms with Crippen LogP contribution in [0.5, 0.6) is 0 Å². The van der Waals surface area contributed by atoms with E-state index in [2.05, 4.69) is 74.6 Å². The molecule has 0 aliphatic rings. The summed E-state index contributed by atoms with van der Waals surface area (Å²) in [6.45, 7) is 4.46. The summed E-state index contributed by atoms with van der Waals surface area (Å²) in [7, 11) is 5.38. The van der Waals surface area contributed by atoms with Crippen molar-refractivity contribution in [2.45, 2.75) is 167 Å². The molecule has 304 valence electrons. The molecule has 0 radical (unpaired) electrons. The Hall–Kier alpha value is -2.97. The molecule has 8 heteroatoms. The van der Waals surface area contributed by atoms with Crippen molar-refractivity contribution in [3.8, 4) is 0 Å². The lowest BCUT2D eigenvalue weighted by atomic mass is 10.1. The molecule has 0 aliphatic carbocycles. The molecule has 8 nitrogen and oxygen atoms in total. The van der Waals surface area contributed by atoms with Gasteiger partial charge in [0.1, 0.15) is 12.6 Å². The van der Waals surface area contributed by atoms with Gasteiger partial charge < -0.3 is 28.6 Å². The van der Waals surface area contributed by atoms with Gasteiger partial charge in [-0.3, -0.25) is 9.59 Å². The maximum atomic E-state index is 12.7. The van der Waals surface area contributed by atoms with E-state index in [4.69, 9.17) is 14.2 Å². The second-order valence-corrected chi connectivity index (χ2v) is 14.8. The normalized spacial score (nSPS) is 13.6. The standard InChI is InChI=1S/C45H77NO7/c1-6-8-10-12-14-16-18-20-21-22-24-25-27-29-31-33-35-43(47)52-40-41(39-51-38-37-42(45(49)50)46(3,4)5)53-44(48)36-34-32-30-28-26-23-19-17-15-13-11-9-7-2/h9,11,15-18,21-23,26,41-42H,6-8,10,12-14,19-20,24-25,27-40H2,1-5H3/b11-9-,17-15-,18-16-,22-21-,26-23-. The lowest BCUT2D eigenvalue weighted by molar-refractivity contribution is -0.889. The molecule has 0 amide bonds. The van der Waals surface area contributed by atoms with E-state index >= 15 is 0 Å². The number of carbonyl (C=O) groups excluding carboxylic acids is 3. The number of carboxylic acids is 1. The van der Waals surface area contributed by atoms with Crippen molar-refractivity contribution in [2.75, 3.05) is 41.0 Å². The highest BCUT2D eigenvalue weighted by Gasteiger charge is 2.25. The molecule has 0 aromatic carbocycles. The predicted molar refractivity (Wildman–Crippen MR) is 217 cm³/mol. The zero-order valence-corrected chi connectivity index (χ0v) is 34.4. The lowest BCUT2D eigenvalue weighted by Crippen LogP contribution is -2.55. The molecule has 0 aromatic heterocycles. The van der Waals surface area contributed by atoms with Crippen LogP contribution in [-0.4, -0.2) is 75.5 Å². The summed E-state index contributed by atoms with van der Waals surface area (Å²) in [4.78, 5) is 36.7. The molecule has 0 aliphatic heterocycles. The zero-order valence-electron chi connectivity index (χ0n) is 34.4. The molecule has 0 fully saturated rings. The van der Waals surface area contributed by atoms with E-state index in [1.807, 2.05) is 0 Å². The molecular weight excluding hydrogens is 666 g/mol. The number of unbranched alkanes of at least 4 members (excludes halogenated alkanes) is 12. The highest BCUT2D eigenvalue weighted by Crippen LogP contribution is 2.12. The first kappa shape index (κ1) is 50.0. The number of likely N-dealkylation sites (N-methyl/N-ethyl adjacent to an activating group) is 1. The summed E-state index contributed by atoms with van der Waals surface area (Å²) in [5.74, 6) is -1.80. The van der Waals surface area contributed by atoms with Gasteiger partial charge in [-0.2, -0.15) is 0 Å². The van der Waals surface area contributed by atoms with Crippen LogP contribution in [0.15, 0.2) is 60.8 Å². The third-order valence-electron chi connectivity index (χ3n) is 8.89. The van der Waals surface area contributed by atoms with Gasteiger partial charge >= 0.3 is 11.9 Å². The number of allylic oxidation sites excluding steroid dienone is 10. The van der Waals surface area contributed by atoms with E-state index in [9.17, 15) is 19.5 Å². The zero-order chi connectivity index (χ0) is 39.3. The number of esters is 2. The number of nitrogens with zero attached hydrogens (tertiary/aromatic N) is 1. The Morgan fingerprint density at radius 2 is 1.06 bits per heavy atom.